The molecule has 1 N–H and O–H groups in total. The van der Waals surface area contributed by atoms with Crippen LogP contribution in [0.4, 0.5) is 0 Å². The van der Waals surface area contributed by atoms with Crippen LogP contribution in [0, 0.1) is 0 Å². The van der Waals surface area contributed by atoms with Crippen LogP contribution in [0.25, 0.3) is 22.6 Å². The van der Waals surface area contributed by atoms with Crippen molar-refractivity contribution in [2.45, 2.75) is 5.92 Å². The summed E-state index contributed by atoms with van der Waals surface area (Å²) in [5.74, 6) is 1.66. The molecule has 1 fully saturated rings. The zero-order valence-electron chi connectivity index (χ0n) is 16.1. The first kappa shape index (κ1) is 18.0. The second kappa shape index (κ2) is 7.43. The number of hydrogen-bond donors (Lipinski definition) is 1. The number of amides is 1. The highest BCUT2D eigenvalue weighted by molar-refractivity contribution is 5.94. The Morgan fingerprint density at radius 1 is 1.20 bits per heavy atom. The van der Waals surface area contributed by atoms with Gasteiger partial charge < -0.3 is 14.2 Å². The molecule has 0 aliphatic carbocycles. The molecule has 4 aromatic rings. The largest absolute Gasteiger partial charge is 0.496 e. The van der Waals surface area contributed by atoms with E-state index >= 15 is 0 Å². The fraction of sp³-hybridized carbons (Fsp3) is 0.190. The molecule has 0 radical (unpaired) electrons. The molecule has 0 bridgehead atoms. The molecule has 1 amide bonds. The van der Waals surface area contributed by atoms with E-state index in [-0.39, 0.29) is 11.8 Å². The van der Waals surface area contributed by atoms with Gasteiger partial charge in [0.05, 0.1) is 18.7 Å². The molecule has 9 heteroatoms. The number of pyridine rings is 1. The lowest BCUT2D eigenvalue weighted by Crippen LogP contribution is -2.48. The predicted molar refractivity (Wildman–Crippen MR) is 107 cm³/mol. The summed E-state index contributed by atoms with van der Waals surface area (Å²) in [6, 6.07) is 12.9. The molecule has 1 aromatic carbocycles. The van der Waals surface area contributed by atoms with Crippen molar-refractivity contribution in [2.75, 3.05) is 20.2 Å². The summed E-state index contributed by atoms with van der Waals surface area (Å²) in [7, 11) is 1.61. The first-order valence-electron chi connectivity index (χ1n) is 9.45. The van der Waals surface area contributed by atoms with E-state index in [0.29, 0.717) is 41.9 Å². The van der Waals surface area contributed by atoms with Gasteiger partial charge in [0, 0.05) is 36.6 Å². The molecule has 150 valence electrons. The van der Waals surface area contributed by atoms with Gasteiger partial charge in [-0.1, -0.05) is 17.3 Å². The topological polar surface area (TPSA) is 110 Å². The summed E-state index contributed by atoms with van der Waals surface area (Å²) >= 11 is 0. The smallest absolute Gasteiger partial charge is 0.271 e. The minimum absolute atomic E-state index is 0.0219. The summed E-state index contributed by atoms with van der Waals surface area (Å²) in [6.45, 7) is 1.03. The predicted octanol–water partition coefficient (Wildman–Crippen LogP) is 2.77. The number of ether oxygens (including phenoxy) is 1. The van der Waals surface area contributed by atoms with Crippen LogP contribution in [0.5, 0.6) is 5.75 Å². The Kier molecular flexibility index (Phi) is 4.47. The molecule has 3 aromatic heterocycles. The third-order valence-corrected chi connectivity index (χ3v) is 5.09. The van der Waals surface area contributed by atoms with Crippen molar-refractivity contribution in [3.63, 3.8) is 0 Å². The molecular weight excluding hydrogens is 384 g/mol. The van der Waals surface area contributed by atoms with Gasteiger partial charge in [-0.25, -0.2) is 0 Å². The van der Waals surface area contributed by atoms with E-state index in [4.69, 9.17) is 9.26 Å². The van der Waals surface area contributed by atoms with E-state index in [1.165, 1.54) is 0 Å². The molecule has 5 rings (SSSR count). The second-order valence-corrected chi connectivity index (χ2v) is 6.97. The van der Waals surface area contributed by atoms with Crippen LogP contribution in [0.2, 0.25) is 0 Å². The van der Waals surface area contributed by atoms with E-state index in [2.05, 4.69) is 25.3 Å². The summed E-state index contributed by atoms with van der Waals surface area (Å²) in [5, 5.41) is 11.1. The maximum atomic E-state index is 12.8. The van der Waals surface area contributed by atoms with E-state index in [1.54, 1.807) is 30.5 Å². The van der Waals surface area contributed by atoms with Crippen LogP contribution in [0.15, 0.2) is 59.4 Å². The normalized spacial score (nSPS) is 13.8. The van der Waals surface area contributed by atoms with Crippen molar-refractivity contribution in [3.05, 3.63) is 66.4 Å². The number of aromatic nitrogens is 5. The molecule has 0 unspecified atom stereocenters. The summed E-state index contributed by atoms with van der Waals surface area (Å²) in [4.78, 5) is 22.9. The van der Waals surface area contributed by atoms with Gasteiger partial charge in [-0.15, -0.1) is 0 Å². The highest BCUT2D eigenvalue weighted by Crippen LogP contribution is 2.31. The number of nitrogens with zero attached hydrogens (tertiary/aromatic N) is 5. The average Bonchev–Trinajstić information content (AvgIpc) is 3.43. The summed E-state index contributed by atoms with van der Waals surface area (Å²) in [6.07, 6.45) is 3.36. The molecule has 30 heavy (non-hydrogen) atoms. The molecule has 1 aliphatic rings. The molecule has 4 heterocycles. The highest BCUT2D eigenvalue weighted by atomic mass is 16.5. The van der Waals surface area contributed by atoms with Crippen molar-refractivity contribution in [3.8, 4) is 28.4 Å². The van der Waals surface area contributed by atoms with Crippen molar-refractivity contribution in [1.82, 2.24) is 30.2 Å². The number of hydrogen-bond acceptors (Lipinski definition) is 7. The van der Waals surface area contributed by atoms with Crippen molar-refractivity contribution in [1.29, 1.82) is 0 Å². The first-order chi connectivity index (χ1) is 14.7. The van der Waals surface area contributed by atoms with E-state index in [0.717, 1.165) is 11.1 Å². The number of nitrogens with one attached hydrogen (secondary N) is 1. The fourth-order valence-electron chi connectivity index (χ4n) is 3.42. The zero-order valence-corrected chi connectivity index (χ0v) is 16.1. The van der Waals surface area contributed by atoms with Crippen LogP contribution in [-0.2, 0) is 0 Å². The molecule has 1 saturated heterocycles. The quantitative estimate of drug-likeness (QED) is 0.546. The van der Waals surface area contributed by atoms with Crippen molar-refractivity contribution in [2.24, 2.45) is 0 Å². The van der Waals surface area contributed by atoms with E-state index in [1.807, 2.05) is 36.4 Å². The van der Waals surface area contributed by atoms with Crippen LogP contribution < -0.4 is 4.74 Å². The number of carbonyl (C=O) groups excluding carboxylic acids is 1. The minimum atomic E-state index is -0.117. The summed E-state index contributed by atoms with van der Waals surface area (Å²) < 4.78 is 10.8. The highest BCUT2D eigenvalue weighted by Gasteiger charge is 2.36. The second-order valence-electron chi connectivity index (χ2n) is 6.97. The number of likely N-dealkylation sites (tertiary alicyclic amines) is 1. The number of para-hydroxylation sites is 1. The Hall–Kier alpha value is -4.01. The number of H-pyrrole nitrogens is 1. The maximum absolute atomic E-state index is 12.8. The van der Waals surface area contributed by atoms with Gasteiger partial charge in [0.25, 0.3) is 5.91 Å². The Bertz CT molecular complexity index is 1180. The van der Waals surface area contributed by atoms with Gasteiger partial charge in [-0.2, -0.15) is 10.1 Å². The van der Waals surface area contributed by atoms with Crippen molar-refractivity contribution < 1.29 is 14.1 Å². The number of carbonyl (C=O) groups is 1. The molecular formula is C21H18N6O3. The van der Waals surface area contributed by atoms with Crippen LogP contribution in [0.1, 0.15) is 22.3 Å². The fourth-order valence-corrected chi connectivity index (χ4v) is 3.42. The van der Waals surface area contributed by atoms with E-state index < -0.39 is 0 Å². The van der Waals surface area contributed by atoms with Crippen LogP contribution in [-0.4, -0.2) is 56.3 Å². The Morgan fingerprint density at radius 2 is 2.00 bits per heavy atom. The lowest BCUT2D eigenvalue weighted by molar-refractivity contribution is 0.0563. The SMILES string of the molecule is COc1ccccc1-c1cc(C(=O)N2CC(c3nc(-c4ccncc4)no3)C2)[nH]n1. The average molecular weight is 402 g/mol. The van der Waals surface area contributed by atoms with Crippen LogP contribution >= 0.6 is 0 Å². The third-order valence-electron chi connectivity index (χ3n) is 5.09. The number of rotatable bonds is 5. The molecule has 9 nitrogen and oxygen atoms in total. The summed E-state index contributed by atoms with van der Waals surface area (Å²) in [5.41, 5.74) is 2.75. The minimum Gasteiger partial charge on any atom is -0.496 e. The maximum Gasteiger partial charge on any atom is 0.271 e. The monoisotopic (exact) mass is 402 g/mol. The Morgan fingerprint density at radius 3 is 2.80 bits per heavy atom. The first-order valence-corrected chi connectivity index (χ1v) is 9.45. The Balaban J connectivity index is 1.26. The standard InChI is InChI=1S/C21H18N6O3/c1-29-18-5-3-2-4-15(18)16-10-17(25-24-16)21(28)27-11-14(12-27)20-23-19(26-30-20)13-6-8-22-9-7-13/h2-10,14H,11-12H2,1H3,(H,24,25). The third kappa shape index (κ3) is 3.20. The number of methoxy groups -OCH3 is 1. The molecule has 1 aliphatic heterocycles. The lowest BCUT2D eigenvalue weighted by Gasteiger charge is -2.36. The number of aromatic amines is 1. The lowest BCUT2D eigenvalue weighted by atomic mass is 9.99. The van der Waals surface area contributed by atoms with Gasteiger partial charge in [-0.3, -0.25) is 14.9 Å². The zero-order chi connectivity index (χ0) is 20.5. The molecule has 0 atom stereocenters. The van der Waals surface area contributed by atoms with Crippen molar-refractivity contribution >= 4 is 5.91 Å². The van der Waals surface area contributed by atoms with Gasteiger partial charge in [0.15, 0.2) is 0 Å². The van der Waals surface area contributed by atoms with Gasteiger partial charge in [0.1, 0.15) is 11.4 Å². The molecule has 0 spiro atoms. The molecule has 0 saturated carbocycles. The van der Waals surface area contributed by atoms with Crippen LogP contribution in [0.3, 0.4) is 0 Å². The van der Waals surface area contributed by atoms with Gasteiger partial charge >= 0.3 is 0 Å². The number of benzene rings is 1. The van der Waals surface area contributed by atoms with Gasteiger partial charge in [-0.05, 0) is 30.3 Å². The van der Waals surface area contributed by atoms with Gasteiger partial charge in [0.2, 0.25) is 11.7 Å². The van der Waals surface area contributed by atoms with E-state index in [9.17, 15) is 4.79 Å². The Labute approximate surface area is 171 Å².